The predicted molar refractivity (Wildman–Crippen MR) is 126 cm³/mol. The molecular formula is C28H30O4. The van der Waals surface area contributed by atoms with Gasteiger partial charge in [-0.05, 0) is 97.2 Å². The molecule has 166 valence electrons. The summed E-state index contributed by atoms with van der Waals surface area (Å²) in [5.41, 5.74) is 7.20. The van der Waals surface area contributed by atoms with Crippen LogP contribution in [0.1, 0.15) is 49.7 Å². The van der Waals surface area contributed by atoms with Crippen molar-refractivity contribution in [1.29, 1.82) is 0 Å². The van der Waals surface area contributed by atoms with Gasteiger partial charge in [0.25, 0.3) is 0 Å². The van der Waals surface area contributed by atoms with Gasteiger partial charge in [-0.25, -0.2) is 0 Å². The van der Waals surface area contributed by atoms with Crippen LogP contribution in [0.4, 0.5) is 0 Å². The summed E-state index contributed by atoms with van der Waals surface area (Å²) in [6.07, 6.45) is 11.8. The summed E-state index contributed by atoms with van der Waals surface area (Å²) in [6, 6.07) is 13.0. The second-order valence-electron chi connectivity index (χ2n) is 9.32. The lowest BCUT2D eigenvalue weighted by atomic mass is 9.85. The molecule has 2 fully saturated rings. The molecule has 4 aliphatic rings. The van der Waals surface area contributed by atoms with E-state index < -0.39 is 0 Å². The summed E-state index contributed by atoms with van der Waals surface area (Å²) >= 11 is 0. The fourth-order valence-corrected chi connectivity index (χ4v) is 5.75. The third kappa shape index (κ3) is 3.37. The molecule has 2 aliphatic carbocycles. The zero-order valence-corrected chi connectivity index (χ0v) is 18.8. The molecule has 0 unspecified atom stereocenters. The first-order valence-electron chi connectivity index (χ1n) is 11.8. The monoisotopic (exact) mass is 430 g/mol. The molecule has 4 heteroatoms. The van der Waals surface area contributed by atoms with E-state index in [1.807, 2.05) is 0 Å². The second kappa shape index (κ2) is 8.09. The van der Waals surface area contributed by atoms with Crippen LogP contribution < -0.4 is 9.47 Å². The highest BCUT2D eigenvalue weighted by molar-refractivity contribution is 5.76. The van der Waals surface area contributed by atoms with Gasteiger partial charge in [0, 0.05) is 25.3 Å². The molecule has 6 rings (SSSR count). The SMILES string of the molecule is CO[C@H]1CCC[C@H]2Oc3ccc(-c4ccc5c(c4)C=C4[C@@H](OC)CCC[C@H]4O5)cc3C=C12. The molecule has 0 spiro atoms. The first kappa shape index (κ1) is 20.1. The van der Waals surface area contributed by atoms with Gasteiger partial charge in [0.2, 0.25) is 0 Å². The van der Waals surface area contributed by atoms with Gasteiger partial charge in [0.1, 0.15) is 23.7 Å². The summed E-state index contributed by atoms with van der Waals surface area (Å²) in [5.74, 6) is 1.94. The molecular weight excluding hydrogens is 400 g/mol. The van der Waals surface area contributed by atoms with Crippen molar-refractivity contribution in [2.75, 3.05) is 14.2 Å². The van der Waals surface area contributed by atoms with E-state index in [0.717, 1.165) is 61.2 Å². The molecule has 4 atom stereocenters. The molecule has 0 N–H and O–H groups in total. The van der Waals surface area contributed by atoms with Gasteiger partial charge in [-0.3, -0.25) is 0 Å². The topological polar surface area (TPSA) is 36.9 Å². The largest absolute Gasteiger partial charge is 0.485 e. The van der Waals surface area contributed by atoms with Crippen LogP contribution in [0.25, 0.3) is 23.3 Å². The maximum atomic E-state index is 6.34. The van der Waals surface area contributed by atoms with Crippen molar-refractivity contribution >= 4 is 12.2 Å². The van der Waals surface area contributed by atoms with Crippen molar-refractivity contribution in [3.05, 3.63) is 58.7 Å². The number of benzene rings is 2. The fourth-order valence-electron chi connectivity index (χ4n) is 5.75. The molecule has 2 saturated carbocycles. The molecule has 0 amide bonds. The molecule has 2 aromatic carbocycles. The van der Waals surface area contributed by atoms with E-state index in [4.69, 9.17) is 18.9 Å². The molecule has 0 radical (unpaired) electrons. The van der Waals surface area contributed by atoms with Crippen LogP contribution in [0.15, 0.2) is 47.5 Å². The van der Waals surface area contributed by atoms with Gasteiger partial charge in [0.05, 0.1) is 12.2 Å². The van der Waals surface area contributed by atoms with Crippen LogP contribution in [0.3, 0.4) is 0 Å². The quantitative estimate of drug-likeness (QED) is 0.595. The summed E-state index contributed by atoms with van der Waals surface area (Å²) in [5, 5.41) is 0. The highest BCUT2D eigenvalue weighted by Crippen LogP contribution is 2.42. The van der Waals surface area contributed by atoms with Gasteiger partial charge in [0.15, 0.2) is 0 Å². The zero-order chi connectivity index (χ0) is 21.7. The first-order valence-corrected chi connectivity index (χ1v) is 11.8. The van der Waals surface area contributed by atoms with Crippen molar-refractivity contribution in [2.24, 2.45) is 0 Å². The lowest BCUT2D eigenvalue weighted by Gasteiger charge is -2.35. The third-order valence-electron chi connectivity index (χ3n) is 7.46. The van der Waals surface area contributed by atoms with Crippen LogP contribution in [0.5, 0.6) is 11.5 Å². The summed E-state index contributed by atoms with van der Waals surface area (Å²) in [4.78, 5) is 0. The van der Waals surface area contributed by atoms with E-state index in [2.05, 4.69) is 48.6 Å². The summed E-state index contributed by atoms with van der Waals surface area (Å²) in [7, 11) is 3.60. The number of fused-ring (bicyclic) bond motifs is 4. The van der Waals surface area contributed by atoms with Crippen molar-refractivity contribution in [3.8, 4) is 22.6 Å². The number of methoxy groups -OCH3 is 2. The molecule has 0 bridgehead atoms. The van der Waals surface area contributed by atoms with E-state index in [-0.39, 0.29) is 24.4 Å². The number of hydrogen-bond donors (Lipinski definition) is 0. The van der Waals surface area contributed by atoms with Crippen molar-refractivity contribution in [3.63, 3.8) is 0 Å². The normalized spacial score (nSPS) is 28.1. The van der Waals surface area contributed by atoms with Crippen molar-refractivity contribution in [1.82, 2.24) is 0 Å². The minimum atomic E-state index is 0.150. The molecule has 32 heavy (non-hydrogen) atoms. The second-order valence-corrected chi connectivity index (χ2v) is 9.32. The Bertz CT molecular complexity index is 1010. The molecule has 0 saturated heterocycles. The Morgan fingerprint density at radius 1 is 0.656 bits per heavy atom. The van der Waals surface area contributed by atoms with Crippen LogP contribution in [-0.4, -0.2) is 38.6 Å². The molecule has 2 aromatic rings. The van der Waals surface area contributed by atoms with Gasteiger partial charge in [-0.15, -0.1) is 0 Å². The molecule has 2 aliphatic heterocycles. The molecule has 4 nitrogen and oxygen atoms in total. The number of ether oxygens (including phenoxy) is 4. The highest BCUT2D eigenvalue weighted by atomic mass is 16.5. The van der Waals surface area contributed by atoms with Gasteiger partial charge in [-0.2, -0.15) is 0 Å². The Labute approximate surface area is 189 Å². The summed E-state index contributed by atoms with van der Waals surface area (Å²) < 4.78 is 24.2. The molecule has 2 heterocycles. The van der Waals surface area contributed by atoms with Crippen molar-refractivity contribution in [2.45, 2.75) is 62.9 Å². The Morgan fingerprint density at radius 3 is 1.56 bits per heavy atom. The van der Waals surface area contributed by atoms with Gasteiger partial charge >= 0.3 is 0 Å². The van der Waals surface area contributed by atoms with E-state index in [1.165, 1.54) is 22.3 Å². The average Bonchev–Trinajstić information content (AvgIpc) is 2.84. The van der Waals surface area contributed by atoms with Crippen LogP contribution in [0.2, 0.25) is 0 Å². The maximum Gasteiger partial charge on any atom is 0.127 e. The molecule has 0 aromatic heterocycles. The zero-order valence-electron chi connectivity index (χ0n) is 18.8. The minimum Gasteiger partial charge on any atom is -0.485 e. The van der Waals surface area contributed by atoms with Crippen LogP contribution >= 0.6 is 0 Å². The lowest BCUT2D eigenvalue weighted by Crippen LogP contribution is -2.34. The van der Waals surface area contributed by atoms with Gasteiger partial charge in [-0.1, -0.05) is 12.1 Å². The lowest BCUT2D eigenvalue weighted by molar-refractivity contribution is 0.0717. The van der Waals surface area contributed by atoms with Crippen LogP contribution in [-0.2, 0) is 9.47 Å². The smallest absolute Gasteiger partial charge is 0.127 e. The average molecular weight is 431 g/mol. The number of hydrogen-bond acceptors (Lipinski definition) is 4. The summed E-state index contributed by atoms with van der Waals surface area (Å²) in [6.45, 7) is 0. The maximum absolute atomic E-state index is 6.34. The predicted octanol–water partition coefficient (Wildman–Crippen LogP) is 6.04. The fraction of sp³-hybridized carbons (Fsp3) is 0.429. The Balaban J connectivity index is 1.35. The minimum absolute atomic E-state index is 0.150. The number of rotatable bonds is 3. The Kier molecular flexibility index (Phi) is 5.08. The standard InChI is InChI=1S/C28H30O4/c1-29-25-5-3-7-27-21(25)15-19-13-17(9-11-23(19)31-27)18-10-12-24-20(14-18)16-22-26(30-2)6-4-8-28(22)32-24/h9-16,25-28H,3-8H2,1-2H3/t25-,26-,27+,28+/m0/s1. The van der Waals surface area contributed by atoms with E-state index >= 15 is 0 Å². The Morgan fingerprint density at radius 2 is 1.12 bits per heavy atom. The van der Waals surface area contributed by atoms with E-state index in [9.17, 15) is 0 Å². The van der Waals surface area contributed by atoms with Crippen molar-refractivity contribution < 1.29 is 18.9 Å². The van der Waals surface area contributed by atoms with Gasteiger partial charge < -0.3 is 18.9 Å². The van der Waals surface area contributed by atoms with E-state index in [0.29, 0.717) is 0 Å². The van der Waals surface area contributed by atoms with E-state index in [1.54, 1.807) is 14.2 Å². The van der Waals surface area contributed by atoms with Crippen LogP contribution in [0, 0.1) is 0 Å². The Hall–Kier alpha value is -2.56. The third-order valence-corrected chi connectivity index (χ3v) is 7.46. The first-order chi connectivity index (χ1) is 15.7. The highest BCUT2D eigenvalue weighted by Gasteiger charge is 2.33.